The number of phenolic OH excluding ortho intramolecular Hbond substituents is 1. The number of anilines is 1. The third-order valence-electron chi connectivity index (χ3n) is 7.50. The smallest absolute Gasteiger partial charge is 0.302 e. The fraction of sp³-hybridized carbons (Fsp3) is 0.441. The lowest BCUT2D eigenvalue weighted by Gasteiger charge is -2.25. The summed E-state index contributed by atoms with van der Waals surface area (Å²) in [4.78, 5) is 28.1. The molecule has 43 heavy (non-hydrogen) atoms. The molecule has 3 aromatic rings. The molecule has 4 N–H and O–H groups in total. The van der Waals surface area contributed by atoms with Crippen LogP contribution in [-0.4, -0.2) is 53.1 Å². The van der Waals surface area contributed by atoms with Crippen LogP contribution in [0.2, 0.25) is 0 Å². The Balaban J connectivity index is 1.70. The van der Waals surface area contributed by atoms with E-state index in [1.54, 1.807) is 30.5 Å². The van der Waals surface area contributed by atoms with Gasteiger partial charge in [0, 0.05) is 33.1 Å². The number of aliphatic hydroxyl groups is 1. The van der Waals surface area contributed by atoms with Crippen molar-refractivity contribution in [2.24, 2.45) is 5.92 Å². The van der Waals surface area contributed by atoms with E-state index in [1.165, 1.54) is 26.5 Å². The summed E-state index contributed by atoms with van der Waals surface area (Å²) in [5.41, 5.74) is 9.58. The van der Waals surface area contributed by atoms with E-state index in [-0.39, 0.29) is 18.3 Å². The molecular weight excluding hydrogens is 548 g/mol. The number of esters is 2. The van der Waals surface area contributed by atoms with E-state index in [0.29, 0.717) is 43.7 Å². The van der Waals surface area contributed by atoms with E-state index in [0.717, 1.165) is 36.0 Å². The van der Waals surface area contributed by atoms with Crippen LogP contribution >= 0.6 is 0 Å². The summed E-state index contributed by atoms with van der Waals surface area (Å²) >= 11 is 0. The fourth-order valence-electron chi connectivity index (χ4n) is 5.38. The molecule has 1 aromatic heterocycles. The molecule has 2 aromatic carbocycles. The minimum absolute atomic E-state index is 0.00898. The van der Waals surface area contributed by atoms with E-state index < -0.39 is 24.1 Å². The Morgan fingerprint density at radius 1 is 0.907 bits per heavy atom. The highest BCUT2D eigenvalue weighted by atomic mass is 16.6. The number of aromatic hydroxyl groups is 1. The maximum Gasteiger partial charge on any atom is 0.302 e. The molecule has 0 aliphatic carbocycles. The normalized spacial score (nSPS) is 13.1. The summed E-state index contributed by atoms with van der Waals surface area (Å²) < 4.78 is 16.7. The third-order valence-corrected chi connectivity index (χ3v) is 7.50. The zero-order chi connectivity index (χ0) is 31.2. The lowest BCUT2D eigenvalue weighted by atomic mass is 9.91. The number of aromatic nitrogens is 1. The first-order valence-corrected chi connectivity index (χ1v) is 14.8. The van der Waals surface area contributed by atoms with E-state index in [1.807, 2.05) is 18.2 Å². The van der Waals surface area contributed by atoms with Crippen LogP contribution in [0.25, 0.3) is 11.1 Å². The standard InChI is InChI=1S/C34H44N2O7/c1-23(38)42-29(14-12-26(22-37)11-7-10-25-8-5-4-6-9-25)20-30(43-24(2)39)15-13-27-18-33(41-3)32(40)21-31(27)28-16-17-36-34(35)19-28/h4-6,8-9,16-19,21,26,29-30,37,40H,7,10-15,20,22H2,1-3H3,(H2,35,36)/t26-,29+,30-/m1/s1. The molecule has 0 aliphatic rings. The maximum atomic E-state index is 12.1. The zero-order valence-corrected chi connectivity index (χ0v) is 25.3. The molecule has 0 bridgehead atoms. The molecule has 9 heteroatoms. The molecule has 3 atom stereocenters. The van der Waals surface area contributed by atoms with Crippen molar-refractivity contribution in [2.75, 3.05) is 19.5 Å². The minimum Gasteiger partial charge on any atom is -0.504 e. The van der Waals surface area contributed by atoms with Crippen molar-refractivity contribution in [3.05, 3.63) is 71.9 Å². The van der Waals surface area contributed by atoms with Gasteiger partial charge in [0.2, 0.25) is 0 Å². The van der Waals surface area contributed by atoms with Crippen molar-refractivity contribution in [3.8, 4) is 22.6 Å². The predicted octanol–water partition coefficient (Wildman–Crippen LogP) is 5.64. The van der Waals surface area contributed by atoms with Crippen molar-refractivity contribution in [1.29, 1.82) is 0 Å². The fourth-order valence-corrected chi connectivity index (χ4v) is 5.38. The Morgan fingerprint density at radius 3 is 2.23 bits per heavy atom. The Bertz CT molecular complexity index is 1320. The number of carbonyl (C=O) groups excluding carboxylic acids is 2. The van der Waals surface area contributed by atoms with Gasteiger partial charge in [-0.05, 0) is 97.4 Å². The molecule has 0 amide bonds. The summed E-state index contributed by atoms with van der Waals surface area (Å²) in [5, 5.41) is 20.5. The molecule has 0 saturated carbocycles. The molecule has 3 rings (SSSR count). The zero-order valence-electron chi connectivity index (χ0n) is 25.3. The van der Waals surface area contributed by atoms with Crippen LogP contribution in [0.3, 0.4) is 0 Å². The highest BCUT2D eigenvalue weighted by Crippen LogP contribution is 2.36. The Kier molecular flexibility index (Phi) is 13.3. The number of hydrogen-bond donors (Lipinski definition) is 3. The van der Waals surface area contributed by atoms with Gasteiger partial charge < -0.3 is 30.2 Å². The number of phenols is 1. The number of hydrogen-bond acceptors (Lipinski definition) is 9. The van der Waals surface area contributed by atoms with Crippen LogP contribution < -0.4 is 10.5 Å². The van der Waals surface area contributed by atoms with Crippen LogP contribution in [0.5, 0.6) is 11.5 Å². The number of methoxy groups -OCH3 is 1. The molecule has 0 spiro atoms. The van der Waals surface area contributed by atoms with Crippen molar-refractivity contribution in [2.45, 2.75) is 77.4 Å². The number of ether oxygens (including phenoxy) is 3. The number of aryl methyl sites for hydroxylation is 2. The van der Waals surface area contributed by atoms with Gasteiger partial charge in [0.25, 0.3) is 0 Å². The van der Waals surface area contributed by atoms with Gasteiger partial charge in [-0.1, -0.05) is 30.3 Å². The Labute approximate surface area is 254 Å². The molecule has 0 fully saturated rings. The second-order valence-corrected chi connectivity index (χ2v) is 10.9. The summed E-state index contributed by atoms with van der Waals surface area (Å²) in [6.07, 6.45) is 5.83. The summed E-state index contributed by atoms with van der Waals surface area (Å²) in [7, 11) is 1.48. The van der Waals surface area contributed by atoms with Crippen LogP contribution in [-0.2, 0) is 31.9 Å². The minimum atomic E-state index is -0.525. The molecule has 9 nitrogen and oxygen atoms in total. The SMILES string of the molecule is COc1cc(CC[C@H](C[C@H](CC[C@H](CO)CCCc2ccccc2)OC(C)=O)OC(C)=O)c(-c2ccnc(N)c2)cc1O. The molecule has 0 saturated heterocycles. The van der Waals surface area contributed by atoms with E-state index in [9.17, 15) is 19.8 Å². The third kappa shape index (κ3) is 11.2. The lowest BCUT2D eigenvalue weighted by Crippen LogP contribution is -2.27. The molecule has 0 unspecified atom stereocenters. The Morgan fingerprint density at radius 2 is 1.60 bits per heavy atom. The average molecular weight is 593 g/mol. The van der Waals surface area contributed by atoms with Crippen molar-refractivity contribution >= 4 is 17.8 Å². The average Bonchev–Trinajstić information content (AvgIpc) is 2.97. The second-order valence-electron chi connectivity index (χ2n) is 10.9. The highest BCUT2D eigenvalue weighted by molar-refractivity contribution is 5.72. The number of nitrogen functional groups attached to an aromatic ring is 1. The molecule has 232 valence electrons. The Hall–Kier alpha value is -4.11. The number of rotatable bonds is 17. The number of carbonyl (C=O) groups is 2. The monoisotopic (exact) mass is 592 g/mol. The summed E-state index contributed by atoms with van der Waals surface area (Å²) in [5.74, 6) is -0.0887. The van der Waals surface area contributed by atoms with Crippen LogP contribution in [0.1, 0.15) is 63.5 Å². The quantitative estimate of drug-likeness (QED) is 0.170. The van der Waals surface area contributed by atoms with Gasteiger partial charge in [0.1, 0.15) is 18.0 Å². The van der Waals surface area contributed by atoms with E-state index in [4.69, 9.17) is 19.9 Å². The van der Waals surface area contributed by atoms with Crippen LogP contribution in [0, 0.1) is 5.92 Å². The van der Waals surface area contributed by atoms with Gasteiger partial charge in [-0.2, -0.15) is 0 Å². The van der Waals surface area contributed by atoms with Gasteiger partial charge >= 0.3 is 11.9 Å². The molecule has 0 radical (unpaired) electrons. The first kappa shape index (κ1) is 33.4. The van der Waals surface area contributed by atoms with Crippen molar-refractivity contribution in [1.82, 2.24) is 4.98 Å². The van der Waals surface area contributed by atoms with Crippen LogP contribution in [0.4, 0.5) is 5.82 Å². The van der Waals surface area contributed by atoms with Gasteiger partial charge in [-0.3, -0.25) is 9.59 Å². The first-order chi connectivity index (χ1) is 20.7. The highest BCUT2D eigenvalue weighted by Gasteiger charge is 2.24. The number of nitrogens with zero attached hydrogens (tertiary/aromatic N) is 1. The van der Waals surface area contributed by atoms with Crippen LogP contribution in [0.15, 0.2) is 60.8 Å². The number of pyridine rings is 1. The van der Waals surface area contributed by atoms with Crippen molar-refractivity contribution in [3.63, 3.8) is 0 Å². The number of aliphatic hydroxyl groups excluding tert-OH is 1. The topological polar surface area (TPSA) is 141 Å². The molecule has 0 aliphatic heterocycles. The lowest BCUT2D eigenvalue weighted by molar-refractivity contribution is -0.153. The summed E-state index contributed by atoms with van der Waals surface area (Å²) in [6.45, 7) is 2.78. The number of nitrogens with two attached hydrogens (primary N) is 1. The summed E-state index contributed by atoms with van der Waals surface area (Å²) in [6, 6.07) is 17.2. The van der Waals surface area contributed by atoms with Gasteiger partial charge in [0.15, 0.2) is 11.5 Å². The van der Waals surface area contributed by atoms with Gasteiger partial charge in [0.05, 0.1) is 7.11 Å². The molecule has 1 heterocycles. The maximum absolute atomic E-state index is 12.1. The molecular formula is C34H44N2O7. The predicted molar refractivity (Wildman–Crippen MR) is 166 cm³/mol. The largest absolute Gasteiger partial charge is 0.504 e. The van der Waals surface area contributed by atoms with Gasteiger partial charge in [-0.25, -0.2) is 4.98 Å². The van der Waals surface area contributed by atoms with E-state index >= 15 is 0 Å². The number of benzene rings is 2. The second kappa shape index (κ2) is 17.1. The van der Waals surface area contributed by atoms with Crippen molar-refractivity contribution < 1.29 is 34.0 Å². The first-order valence-electron chi connectivity index (χ1n) is 14.8. The van der Waals surface area contributed by atoms with Gasteiger partial charge in [-0.15, -0.1) is 0 Å². The van der Waals surface area contributed by atoms with E-state index in [2.05, 4.69) is 17.1 Å².